The van der Waals surface area contributed by atoms with E-state index in [1.165, 1.54) is 31.4 Å². The molecule has 1 heterocycles. The van der Waals surface area contributed by atoms with E-state index in [2.05, 4.69) is 15.3 Å². The van der Waals surface area contributed by atoms with Crippen molar-refractivity contribution < 1.29 is 43.1 Å². The van der Waals surface area contributed by atoms with Crippen LogP contribution in [-0.4, -0.2) is 75.2 Å². The first kappa shape index (κ1) is 24.5. The van der Waals surface area contributed by atoms with Crippen LogP contribution in [0.3, 0.4) is 0 Å². The third-order valence-electron chi connectivity index (χ3n) is 4.86. The van der Waals surface area contributed by atoms with Gasteiger partial charge >= 0.3 is 0 Å². The van der Waals surface area contributed by atoms with Crippen molar-refractivity contribution in [1.82, 2.24) is 9.97 Å². The summed E-state index contributed by atoms with van der Waals surface area (Å²) in [5.41, 5.74) is 0.113. The molecule has 0 unspecified atom stereocenters. The van der Waals surface area contributed by atoms with E-state index in [-0.39, 0.29) is 28.5 Å². The second-order valence-electron chi connectivity index (χ2n) is 6.99. The van der Waals surface area contributed by atoms with Crippen LogP contribution in [0.15, 0.2) is 36.7 Å². The Kier molecular flexibility index (Phi) is 7.87. The van der Waals surface area contributed by atoms with Crippen LogP contribution in [-0.2, 0) is 0 Å². The van der Waals surface area contributed by atoms with Crippen molar-refractivity contribution >= 4 is 22.4 Å². The number of aromatic nitrogens is 2. The zero-order valence-electron chi connectivity index (χ0n) is 17.3. The molecular weight excluding hydrogens is 447 g/mol. The number of anilines is 2. The maximum Gasteiger partial charge on any atom is 0.182 e. The number of hydrogen-bond acceptors (Lipinski definition) is 9. The Hall–Kier alpha value is -3.19. The van der Waals surface area contributed by atoms with Crippen molar-refractivity contribution in [3.8, 4) is 11.5 Å². The average molecular weight is 469 g/mol. The molecule has 0 spiro atoms. The molecule has 0 aliphatic rings. The fraction of sp³-hybridized carbons (Fsp3) is 0.333. The highest BCUT2D eigenvalue weighted by atomic mass is 19.2. The highest BCUT2D eigenvalue weighted by Gasteiger charge is 2.34. The van der Waals surface area contributed by atoms with Crippen molar-refractivity contribution in [1.29, 1.82) is 0 Å². The summed E-state index contributed by atoms with van der Waals surface area (Å²) in [5.74, 6) is -1.94. The van der Waals surface area contributed by atoms with Crippen LogP contribution in [0.25, 0.3) is 10.9 Å². The summed E-state index contributed by atoms with van der Waals surface area (Å²) in [5, 5.41) is 41.4. The highest BCUT2D eigenvalue weighted by Crippen LogP contribution is 2.36. The third-order valence-corrected chi connectivity index (χ3v) is 4.86. The first-order chi connectivity index (χ1) is 15.8. The van der Waals surface area contributed by atoms with Gasteiger partial charge in [-0.05, 0) is 18.2 Å². The molecule has 0 aliphatic heterocycles. The largest absolute Gasteiger partial charge is 0.493 e. The van der Waals surface area contributed by atoms with E-state index in [0.717, 1.165) is 12.4 Å². The first-order valence-corrected chi connectivity index (χ1v) is 9.73. The zero-order valence-corrected chi connectivity index (χ0v) is 17.3. The Morgan fingerprint density at radius 2 is 1.79 bits per heavy atom. The van der Waals surface area contributed by atoms with E-state index in [9.17, 15) is 28.5 Å². The lowest BCUT2D eigenvalue weighted by Gasteiger charge is -2.28. The number of nitrogens with one attached hydrogen (secondary N) is 1. The minimum atomic E-state index is -2.15. The van der Waals surface area contributed by atoms with Crippen LogP contribution >= 0.6 is 0 Å². The van der Waals surface area contributed by atoms with E-state index < -0.39 is 49.3 Å². The average Bonchev–Trinajstić information content (AvgIpc) is 2.83. The monoisotopic (exact) mass is 469 g/mol. The molecule has 3 rings (SSSR count). The molecule has 3 aromatic rings. The molecule has 0 saturated carbocycles. The summed E-state index contributed by atoms with van der Waals surface area (Å²) in [6.45, 7) is -1.83. The SMILES string of the molecule is COc1cc2c(Nc3cccc(F)c3F)ncnc2cc1O[C@H](CO)[C@H](O)[C@@H](O)[C@H](F)CO. The van der Waals surface area contributed by atoms with Gasteiger partial charge in [0.1, 0.15) is 24.4 Å². The van der Waals surface area contributed by atoms with Crippen LogP contribution in [0, 0.1) is 11.6 Å². The molecule has 33 heavy (non-hydrogen) atoms. The molecule has 0 amide bonds. The Balaban J connectivity index is 1.95. The number of fused-ring (bicyclic) bond motifs is 1. The number of hydrogen-bond donors (Lipinski definition) is 5. The number of methoxy groups -OCH3 is 1. The van der Waals surface area contributed by atoms with Gasteiger partial charge in [0.25, 0.3) is 0 Å². The minimum absolute atomic E-state index is 0.0173. The zero-order chi connectivity index (χ0) is 24.1. The Morgan fingerprint density at radius 3 is 2.45 bits per heavy atom. The Bertz CT molecular complexity index is 1110. The van der Waals surface area contributed by atoms with Crippen LogP contribution in [0.1, 0.15) is 0 Å². The van der Waals surface area contributed by atoms with Gasteiger partial charge in [-0.15, -0.1) is 0 Å². The summed E-state index contributed by atoms with van der Waals surface area (Å²) in [7, 11) is 1.31. The summed E-state index contributed by atoms with van der Waals surface area (Å²) in [6, 6.07) is 6.41. The van der Waals surface area contributed by atoms with Gasteiger partial charge < -0.3 is 35.2 Å². The molecule has 0 aliphatic carbocycles. The molecule has 0 fully saturated rings. The number of halogens is 3. The van der Waals surface area contributed by atoms with E-state index in [1.54, 1.807) is 0 Å². The molecule has 0 bridgehead atoms. The number of ether oxygens (including phenoxy) is 2. The molecule has 4 atom stereocenters. The first-order valence-electron chi connectivity index (χ1n) is 9.73. The molecular formula is C21H22F3N3O6. The lowest BCUT2D eigenvalue weighted by Crippen LogP contribution is -2.48. The van der Waals surface area contributed by atoms with Gasteiger partial charge in [-0.25, -0.2) is 23.1 Å². The summed E-state index contributed by atoms with van der Waals surface area (Å²) < 4.78 is 52.0. The van der Waals surface area contributed by atoms with Gasteiger partial charge in [0.2, 0.25) is 0 Å². The number of rotatable bonds is 10. The van der Waals surface area contributed by atoms with Crippen molar-refractivity contribution in [2.45, 2.75) is 24.5 Å². The van der Waals surface area contributed by atoms with Crippen LogP contribution in [0.2, 0.25) is 0 Å². The molecule has 2 aromatic carbocycles. The number of aliphatic hydroxyl groups excluding tert-OH is 4. The molecule has 0 radical (unpaired) electrons. The fourth-order valence-corrected chi connectivity index (χ4v) is 3.06. The van der Waals surface area contributed by atoms with E-state index in [0.29, 0.717) is 5.39 Å². The number of nitrogens with zero attached hydrogens (tertiary/aromatic N) is 2. The maximum atomic E-state index is 14.1. The van der Waals surface area contributed by atoms with Crippen molar-refractivity contribution in [2.75, 3.05) is 25.6 Å². The molecule has 5 N–H and O–H groups in total. The quantitative estimate of drug-likeness (QED) is 0.299. The van der Waals surface area contributed by atoms with Gasteiger partial charge in [-0.1, -0.05) is 6.07 Å². The molecule has 0 saturated heterocycles. The van der Waals surface area contributed by atoms with E-state index in [1.807, 2.05) is 0 Å². The van der Waals surface area contributed by atoms with Gasteiger partial charge in [-0.3, -0.25) is 0 Å². The summed E-state index contributed by atoms with van der Waals surface area (Å²) >= 11 is 0. The Labute approximate surface area is 186 Å². The normalized spacial score (nSPS) is 15.0. The topological polar surface area (TPSA) is 137 Å². The van der Waals surface area contributed by atoms with Crippen molar-refractivity contribution in [3.05, 3.63) is 48.3 Å². The summed E-state index contributed by atoms with van der Waals surface area (Å²) in [6.07, 6.45) is -6.36. The molecule has 12 heteroatoms. The molecule has 9 nitrogen and oxygen atoms in total. The molecule has 1 aromatic heterocycles. The third kappa shape index (κ3) is 5.25. The predicted octanol–water partition coefficient (Wildman–Crippen LogP) is 1.45. The highest BCUT2D eigenvalue weighted by molar-refractivity contribution is 5.93. The second-order valence-corrected chi connectivity index (χ2v) is 6.99. The van der Waals surface area contributed by atoms with E-state index >= 15 is 0 Å². The minimum Gasteiger partial charge on any atom is -0.493 e. The Morgan fingerprint density at radius 1 is 1.03 bits per heavy atom. The lowest BCUT2D eigenvalue weighted by atomic mass is 10.0. The van der Waals surface area contributed by atoms with Gasteiger partial charge in [-0.2, -0.15) is 0 Å². The van der Waals surface area contributed by atoms with Crippen LogP contribution < -0.4 is 14.8 Å². The van der Waals surface area contributed by atoms with Gasteiger partial charge in [0, 0.05) is 11.5 Å². The number of alkyl halides is 1. The number of benzene rings is 2. The van der Waals surface area contributed by atoms with Gasteiger partial charge in [0.15, 0.2) is 35.4 Å². The lowest BCUT2D eigenvalue weighted by molar-refractivity contribution is -0.0981. The predicted molar refractivity (Wildman–Crippen MR) is 111 cm³/mol. The number of aliphatic hydroxyl groups is 4. The standard InChI is InChI=1S/C21H22F3N3O6/c1-32-15-5-10-14(6-16(15)33-17(8-29)20(31)19(30)12(23)7-28)25-9-26-21(10)27-13-4-2-3-11(22)18(13)24/h2-6,9,12,17,19-20,28-31H,7-8H2,1H3,(H,25,26,27)/t12-,17-,19+,20+/m1/s1. The maximum absolute atomic E-state index is 14.1. The van der Waals surface area contributed by atoms with Crippen LogP contribution in [0.4, 0.5) is 24.7 Å². The summed E-state index contributed by atoms with van der Waals surface area (Å²) in [4.78, 5) is 8.14. The molecule has 178 valence electrons. The van der Waals surface area contributed by atoms with E-state index in [4.69, 9.17) is 14.6 Å². The smallest absolute Gasteiger partial charge is 0.182 e. The van der Waals surface area contributed by atoms with Crippen molar-refractivity contribution in [2.24, 2.45) is 0 Å². The second kappa shape index (κ2) is 10.6. The van der Waals surface area contributed by atoms with Crippen LogP contribution in [0.5, 0.6) is 11.5 Å². The fourth-order valence-electron chi connectivity index (χ4n) is 3.06. The van der Waals surface area contributed by atoms with Gasteiger partial charge in [0.05, 0.1) is 31.5 Å². The van der Waals surface area contributed by atoms with Crippen molar-refractivity contribution in [3.63, 3.8) is 0 Å².